The molecule has 0 amide bonds. The average molecular weight is 355 g/mol. The van der Waals surface area contributed by atoms with E-state index in [0.717, 1.165) is 11.1 Å². The Morgan fingerprint density at radius 3 is 2.57 bits per heavy atom. The van der Waals surface area contributed by atoms with Crippen LogP contribution < -0.4 is 4.74 Å². The van der Waals surface area contributed by atoms with Gasteiger partial charge in [0.25, 0.3) is 0 Å². The molecule has 1 aliphatic heterocycles. The number of aliphatic hydroxyl groups is 3. The van der Waals surface area contributed by atoms with Gasteiger partial charge < -0.3 is 20.1 Å². The highest BCUT2D eigenvalue weighted by atomic mass is 35.5. The summed E-state index contributed by atoms with van der Waals surface area (Å²) in [6, 6.07) is 5.23. The van der Waals surface area contributed by atoms with Crippen LogP contribution in [0.4, 0.5) is 0 Å². The third-order valence-corrected chi connectivity index (χ3v) is 5.07. The summed E-state index contributed by atoms with van der Waals surface area (Å²) in [7, 11) is 0. The number of aliphatic hydroxyl groups excluding tert-OH is 3. The van der Waals surface area contributed by atoms with Gasteiger partial charge in [-0.1, -0.05) is 17.7 Å². The van der Waals surface area contributed by atoms with Gasteiger partial charge in [-0.25, -0.2) is 9.97 Å². The van der Waals surface area contributed by atoms with Crippen LogP contribution in [0.1, 0.15) is 0 Å². The first-order valence-electron chi connectivity index (χ1n) is 6.93. The summed E-state index contributed by atoms with van der Waals surface area (Å²) in [5.74, 6) is 0.653. The fourth-order valence-corrected chi connectivity index (χ4v) is 3.51. The van der Waals surface area contributed by atoms with Gasteiger partial charge in [-0.2, -0.15) is 0 Å². The quantitative estimate of drug-likeness (QED) is 0.765. The molecule has 1 saturated heterocycles. The van der Waals surface area contributed by atoms with Crippen molar-refractivity contribution in [2.75, 3.05) is 5.75 Å². The fraction of sp³-hybridized carbons (Fsp3) is 0.333. The van der Waals surface area contributed by atoms with Crippen LogP contribution in [0.25, 0.3) is 11.1 Å². The Morgan fingerprint density at radius 2 is 1.83 bits per heavy atom. The lowest BCUT2D eigenvalue weighted by molar-refractivity contribution is -0.0785. The molecular formula is C15H15ClN2O4S. The molecule has 0 aliphatic carbocycles. The Bertz CT molecular complexity index is 676. The Morgan fingerprint density at radius 1 is 1.09 bits per heavy atom. The summed E-state index contributed by atoms with van der Waals surface area (Å²) in [6.45, 7) is 0. The van der Waals surface area contributed by atoms with Crippen LogP contribution in [0.3, 0.4) is 0 Å². The van der Waals surface area contributed by atoms with Crippen molar-refractivity contribution in [2.24, 2.45) is 0 Å². The maximum absolute atomic E-state index is 10.0. The molecule has 0 radical (unpaired) electrons. The zero-order valence-corrected chi connectivity index (χ0v) is 13.5. The molecule has 0 bridgehead atoms. The zero-order chi connectivity index (χ0) is 16.4. The van der Waals surface area contributed by atoms with Gasteiger partial charge in [-0.15, -0.1) is 11.8 Å². The van der Waals surface area contributed by atoms with E-state index in [1.807, 2.05) is 6.07 Å². The van der Waals surface area contributed by atoms with Crippen molar-refractivity contribution in [3.05, 3.63) is 41.9 Å². The maximum Gasteiger partial charge on any atom is 0.173 e. The van der Waals surface area contributed by atoms with Crippen molar-refractivity contribution < 1.29 is 20.1 Å². The molecule has 122 valence electrons. The lowest BCUT2D eigenvalue weighted by Gasteiger charge is -2.34. The number of aromatic nitrogens is 2. The van der Waals surface area contributed by atoms with Gasteiger partial charge in [0.05, 0.1) is 11.1 Å². The Hall–Kier alpha value is -1.38. The molecule has 0 saturated carbocycles. The topological polar surface area (TPSA) is 95.7 Å². The van der Waals surface area contributed by atoms with Crippen LogP contribution >= 0.6 is 23.4 Å². The minimum Gasteiger partial charge on any atom is -0.475 e. The van der Waals surface area contributed by atoms with E-state index in [-0.39, 0.29) is 5.75 Å². The molecule has 23 heavy (non-hydrogen) atoms. The van der Waals surface area contributed by atoms with E-state index in [2.05, 4.69) is 9.97 Å². The molecule has 8 heteroatoms. The summed E-state index contributed by atoms with van der Waals surface area (Å²) in [4.78, 5) is 7.94. The highest BCUT2D eigenvalue weighted by Gasteiger charge is 2.38. The molecule has 2 heterocycles. The predicted molar refractivity (Wildman–Crippen MR) is 87.4 cm³/mol. The number of hydrogen-bond donors (Lipinski definition) is 3. The van der Waals surface area contributed by atoms with Gasteiger partial charge in [0.2, 0.25) is 0 Å². The molecule has 4 atom stereocenters. The molecular weight excluding hydrogens is 340 g/mol. The molecule has 3 rings (SSSR count). The van der Waals surface area contributed by atoms with E-state index in [0.29, 0.717) is 10.8 Å². The molecule has 1 aliphatic rings. The molecule has 2 aromatic rings. The molecule has 1 aromatic carbocycles. The van der Waals surface area contributed by atoms with Crippen LogP contribution in [-0.2, 0) is 0 Å². The van der Waals surface area contributed by atoms with E-state index >= 15 is 0 Å². The third-order valence-electron chi connectivity index (χ3n) is 3.52. The van der Waals surface area contributed by atoms with E-state index in [1.54, 1.807) is 24.5 Å². The number of benzene rings is 1. The molecule has 6 nitrogen and oxygen atoms in total. The summed E-state index contributed by atoms with van der Waals surface area (Å²) in [6.07, 6.45) is 1.36. The van der Waals surface area contributed by atoms with Gasteiger partial charge >= 0.3 is 0 Å². The second-order valence-electron chi connectivity index (χ2n) is 5.14. The number of ether oxygens (including phenoxy) is 1. The number of nitrogens with zero attached hydrogens (tertiary/aromatic N) is 2. The van der Waals surface area contributed by atoms with Gasteiger partial charge in [0.15, 0.2) is 5.44 Å². The van der Waals surface area contributed by atoms with Crippen molar-refractivity contribution in [3.63, 3.8) is 0 Å². The largest absolute Gasteiger partial charge is 0.475 e. The van der Waals surface area contributed by atoms with Gasteiger partial charge in [0.1, 0.15) is 24.3 Å². The molecule has 0 unspecified atom stereocenters. The van der Waals surface area contributed by atoms with Crippen LogP contribution in [0.5, 0.6) is 5.75 Å². The Balaban J connectivity index is 1.83. The minimum absolute atomic E-state index is 0.271. The summed E-state index contributed by atoms with van der Waals surface area (Å²) < 4.78 is 5.75. The van der Waals surface area contributed by atoms with Crippen molar-refractivity contribution in [1.29, 1.82) is 0 Å². The van der Waals surface area contributed by atoms with E-state index in [1.165, 1.54) is 18.1 Å². The molecule has 3 N–H and O–H groups in total. The van der Waals surface area contributed by atoms with Crippen molar-refractivity contribution in [2.45, 2.75) is 23.7 Å². The Kier molecular flexibility index (Phi) is 5.03. The molecule has 1 fully saturated rings. The summed E-state index contributed by atoms with van der Waals surface area (Å²) in [5, 5.41) is 29.7. The van der Waals surface area contributed by atoms with Gasteiger partial charge in [-0.3, -0.25) is 0 Å². The summed E-state index contributed by atoms with van der Waals surface area (Å²) >= 11 is 7.38. The Labute approximate surface area is 142 Å². The lowest BCUT2D eigenvalue weighted by atomic mass is 10.1. The minimum atomic E-state index is -1.24. The molecule has 0 spiro atoms. The second kappa shape index (κ2) is 7.02. The highest BCUT2D eigenvalue weighted by Crippen LogP contribution is 2.35. The number of rotatable bonds is 3. The monoisotopic (exact) mass is 354 g/mol. The van der Waals surface area contributed by atoms with Crippen LogP contribution in [0.2, 0.25) is 5.02 Å². The number of hydrogen-bond acceptors (Lipinski definition) is 7. The van der Waals surface area contributed by atoms with Crippen LogP contribution in [-0.4, -0.2) is 54.8 Å². The standard InChI is InChI=1S/C15H15ClN2O4S/c16-10-2-1-8(9-4-17-7-18-5-9)3-12(10)22-15-14(21)13(20)11(19)6-23-15/h1-5,7,11,13-15,19-21H,6H2/t11-,13+,14-,15-/m1/s1. The number of halogens is 1. The SMILES string of the molecule is O[C@@H]1[C@@H](O)[C@H](Oc2cc(-c3cncnc3)ccc2Cl)SC[C@H]1O. The van der Waals surface area contributed by atoms with Crippen molar-refractivity contribution >= 4 is 23.4 Å². The first kappa shape index (κ1) is 16.5. The van der Waals surface area contributed by atoms with E-state index in [4.69, 9.17) is 16.3 Å². The van der Waals surface area contributed by atoms with Crippen LogP contribution in [0, 0.1) is 0 Å². The van der Waals surface area contributed by atoms with Crippen molar-refractivity contribution in [1.82, 2.24) is 9.97 Å². The van der Waals surface area contributed by atoms with E-state index < -0.39 is 23.7 Å². The maximum atomic E-state index is 10.0. The van der Waals surface area contributed by atoms with Gasteiger partial charge in [0, 0.05) is 23.7 Å². The smallest absolute Gasteiger partial charge is 0.173 e. The lowest BCUT2D eigenvalue weighted by Crippen LogP contribution is -2.50. The highest BCUT2D eigenvalue weighted by molar-refractivity contribution is 7.99. The normalized spacial score (nSPS) is 27.7. The number of thioether (sulfide) groups is 1. The van der Waals surface area contributed by atoms with Gasteiger partial charge in [-0.05, 0) is 17.7 Å². The molecule has 1 aromatic heterocycles. The first-order valence-corrected chi connectivity index (χ1v) is 8.36. The zero-order valence-electron chi connectivity index (χ0n) is 11.9. The van der Waals surface area contributed by atoms with Crippen molar-refractivity contribution in [3.8, 4) is 16.9 Å². The average Bonchev–Trinajstić information content (AvgIpc) is 2.58. The predicted octanol–water partition coefficient (Wildman–Crippen LogP) is 1.33. The first-order chi connectivity index (χ1) is 11.1. The van der Waals surface area contributed by atoms with E-state index in [9.17, 15) is 15.3 Å². The third kappa shape index (κ3) is 3.59. The van der Waals surface area contributed by atoms with Crippen LogP contribution in [0.15, 0.2) is 36.9 Å². The summed E-state index contributed by atoms with van der Waals surface area (Å²) in [5.41, 5.74) is 0.912. The fourth-order valence-electron chi connectivity index (χ4n) is 2.23. The second-order valence-corrected chi connectivity index (χ2v) is 6.68.